The van der Waals surface area contributed by atoms with Crippen molar-refractivity contribution in [2.24, 2.45) is 28.6 Å². The smallest absolute Gasteiger partial charge is 0.224 e. The van der Waals surface area contributed by atoms with E-state index in [1.165, 1.54) is 5.70 Å². The third kappa shape index (κ3) is 1.66. The Kier molecular flexibility index (Phi) is 2.71. The number of nitrogens with one attached hydrogen (secondary N) is 1. The van der Waals surface area contributed by atoms with Gasteiger partial charge in [-0.3, -0.25) is 9.59 Å². The number of hydrogen-bond donors (Lipinski definition) is 1. The molecule has 114 valence electrons. The first-order valence-corrected chi connectivity index (χ1v) is 8.49. The van der Waals surface area contributed by atoms with Gasteiger partial charge in [-0.15, -0.1) is 0 Å². The first-order valence-electron chi connectivity index (χ1n) is 8.49. The summed E-state index contributed by atoms with van der Waals surface area (Å²) >= 11 is 0. The van der Waals surface area contributed by atoms with Crippen LogP contribution in [0, 0.1) is 28.6 Å². The van der Waals surface area contributed by atoms with Crippen LogP contribution in [0.5, 0.6) is 0 Å². The van der Waals surface area contributed by atoms with Gasteiger partial charge in [0.25, 0.3) is 0 Å². The highest BCUT2D eigenvalue weighted by atomic mass is 16.1. The van der Waals surface area contributed by atoms with Gasteiger partial charge in [0.15, 0.2) is 0 Å². The highest BCUT2D eigenvalue weighted by Gasteiger charge is 2.58. The van der Waals surface area contributed by atoms with E-state index in [0.29, 0.717) is 30.0 Å². The van der Waals surface area contributed by atoms with Crippen LogP contribution in [0.1, 0.15) is 58.8 Å². The number of carbonyl (C=O) groups is 2. The summed E-state index contributed by atoms with van der Waals surface area (Å²) in [4.78, 5) is 24.0. The zero-order valence-electron chi connectivity index (χ0n) is 13.1. The van der Waals surface area contributed by atoms with Crippen LogP contribution in [0.15, 0.2) is 11.8 Å². The lowest BCUT2D eigenvalue weighted by Crippen LogP contribution is -2.53. The molecule has 4 rings (SSSR count). The second-order valence-electron chi connectivity index (χ2n) is 8.11. The van der Waals surface area contributed by atoms with Crippen LogP contribution in [0.3, 0.4) is 0 Å². The van der Waals surface area contributed by atoms with Crippen molar-refractivity contribution in [3.05, 3.63) is 11.8 Å². The molecule has 3 fully saturated rings. The van der Waals surface area contributed by atoms with Crippen molar-refractivity contribution in [1.29, 1.82) is 0 Å². The Morgan fingerprint density at radius 3 is 2.62 bits per heavy atom. The molecule has 0 aromatic carbocycles. The van der Waals surface area contributed by atoms with Gasteiger partial charge < -0.3 is 5.32 Å². The first kappa shape index (κ1) is 13.5. The van der Waals surface area contributed by atoms with Crippen LogP contribution in [-0.2, 0) is 9.59 Å². The Morgan fingerprint density at radius 2 is 1.81 bits per heavy atom. The molecular formula is C18H25NO2. The normalized spacial score (nSPS) is 48.9. The predicted molar refractivity (Wildman–Crippen MR) is 80.2 cm³/mol. The van der Waals surface area contributed by atoms with Crippen LogP contribution < -0.4 is 5.32 Å². The number of ketones is 1. The summed E-state index contributed by atoms with van der Waals surface area (Å²) in [7, 11) is 0. The fourth-order valence-electron chi connectivity index (χ4n) is 5.96. The molecule has 0 radical (unpaired) electrons. The van der Waals surface area contributed by atoms with E-state index >= 15 is 0 Å². The van der Waals surface area contributed by atoms with E-state index in [1.807, 2.05) is 0 Å². The van der Waals surface area contributed by atoms with Crippen molar-refractivity contribution in [1.82, 2.24) is 5.32 Å². The molecule has 0 bridgehead atoms. The molecule has 0 aromatic rings. The Bertz CT molecular complexity index is 551. The summed E-state index contributed by atoms with van der Waals surface area (Å²) in [6, 6.07) is 0. The van der Waals surface area contributed by atoms with Crippen LogP contribution in [-0.4, -0.2) is 11.7 Å². The maximum Gasteiger partial charge on any atom is 0.224 e. The molecule has 1 amide bonds. The highest BCUT2D eigenvalue weighted by molar-refractivity contribution is 5.87. The number of piperidine rings is 1. The summed E-state index contributed by atoms with van der Waals surface area (Å²) in [5, 5.41) is 3.13. The van der Waals surface area contributed by atoms with Crippen molar-refractivity contribution in [3.63, 3.8) is 0 Å². The van der Waals surface area contributed by atoms with Crippen LogP contribution in [0.2, 0.25) is 0 Å². The quantitative estimate of drug-likeness (QED) is 0.743. The maximum atomic E-state index is 12.3. The topological polar surface area (TPSA) is 46.2 Å². The molecule has 0 aromatic heterocycles. The molecule has 1 heterocycles. The third-order valence-electron chi connectivity index (χ3n) is 7.32. The molecule has 21 heavy (non-hydrogen) atoms. The molecule has 1 aliphatic heterocycles. The first-order chi connectivity index (χ1) is 9.95. The van der Waals surface area contributed by atoms with Crippen molar-refractivity contribution in [2.75, 3.05) is 0 Å². The molecular weight excluding hydrogens is 262 g/mol. The van der Waals surface area contributed by atoms with Crippen molar-refractivity contribution >= 4 is 11.7 Å². The lowest BCUT2D eigenvalue weighted by Gasteiger charge is -2.55. The molecule has 4 aliphatic rings. The largest absolute Gasteiger partial charge is 0.330 e. The number of fused-ring (bicyclic) bond motifs is 5. The Labute approximate surface area is 126 Å². The van der Waals surface area contributed by atoms with E-state index < -0.39 is 0 Å². The van der Waals surface area contributed by atoms with E-state index in [4.69, 9.17) is 0 Å². The molecule has 5 unspecified atom stereocenters. The van der Waals surface area contributed by atoms with Gasteiger partial charge in [0, 0.05) is 29.4 Å². The monoisotopic (exact) mass is 287 g/mol. The number of hydrogen-bond acceptors (Lipinski definition) is 2. The lowest BCUT2D eigenvalue weighted by molar-refractivity contribution is -0.132. The Balaban J connectivity index is 1.71. The van der Waals surface area contributed by atoms with Crippen LogP contribution >= 0.6 is 0 Å². The van der Waals surface area contributed by atoms with E-state index in [-0.39, 0.29) is 16.7 Å². The minimum absolute atomic E-state index is 0.0548. The van der Waals surface area contributed by atoms with Gasteiger partial charge in [0.2, 0.25) is 5.91 Å². The summed E-state index contributed by atoms with van der Waals surface area (Å²) in [6.45, 7) is 4.56. The molecule has 3 heteroatoms. The zero-order valence-corrected chi connectivity index (χ0v) is 13.1. The van der Waals surface area contributed by atoms with E-state index in [9.17, 15) is 9.59 Å². The van der Waals surface area contributed by atoms with Crippen molar-refractivity contribution in [3.8, 4) is 0 Å². The Hall–Kier alpha value is -1.12. The summed E-state index contributed by atoms with van der Waals surface area (Å²) in [6.07, 6.45) is 9.01. The number of allylic oxidation sites excluding steroid dienone is 2. The second kappa shape index (κ2) is 4.21. The molecule has 3 nitrogen and oxygen atoms in total. The second-order valence-corrected chi connectivity index (χ2v) is 8.11. The summed E-state index contributed by atoms with van der Waals surface area (Å²) < 4.78 is 0. The standard InChI is InChI=1S/C18H25NO2/c1-17-10-8-16(21)19-14(17)5-3-11-12-4-6-15(20)18(12,2)9-7-13(11)17/h5,11-13H,3-4,6-10H2,1-2H3,(H,19,21). The number of amides is 1. The summed E-state index contributed by atoms with van der Waals surface area (Å²) in [5.41, 5.74) is 1.25. The van der Waals surface area contributed by atoms with Gasteiger partial charge in [-0.1, -0.05) is 19.9 Å². The van der Waals surface area contributed by atoms with Gasteiger partial charge >= 0.3 is 0 Å². The third-order valence-corrected chi connectivity index (χ3v) is 7.32. The molecule has 2 saturated carbocycles. The fourth-order valence-corrected chi connectivity index (χ4v) is 5.96. The van der Waals surface area contributed by atoms with Crippen molar-refractivity contribution < 1.29 is 9.59 Å². The molecule has 0 spiro atoms. The molecule has 3 aliphatic carbocycles. The average molecular weight is 287 g/mol. The molecule has 1 saturated heterocycles. The highest BCUT2D eigenvalue weighted by Crippen LogP contribution is 2.62. The van der Waals surface area contributed by atoms with Gasteiger partial charge in [0.05, 0.1) is 0 Å². The van der Waals surface area contributed by atoms with Crippen LogP contribution in [0.4, 0.5) is 0 Å². The zero-order chi connectivity index (χ0) is 14.8. The molecule has 1 N–H and O–H groups in total. The van der Waals surface area contributed by atoms with Gasteiger partial charge in [-0.05, 0) is 49.9 Å². The van der Waals surface area contributed by atoms with Crippen molar-refractivity contribution in [2.45, 2.75) is 58.8 Å². The lowest BCUT2D eigenvalue weighted by atomic mass is 9.50. The number of Topliss-reactive ketones (excluding diaryl/α,β-unsaturated/α-hetero) is 1. The van der Waals surface area contributed by atoms with E-state index in [1.54, 1.807) is 0 Å². The van der Waals surface area contributed by atoms with Gasteiger partial charge in [0.1, 0.15) is 5.78 Å². The minimum Gasteiger partial charge on any atom is -0.330 e. The van der Waals surface area contributed by atoms with E-state index in [0.717, 1.165) is 38.5 Å². The predicted octanol–water partition coefficient (Wildman–Crippen LogP) is 3.20. The summed E-state index contributed by atoms with van der Waals surface area (Å²) in [5.74, 6) is 2.52. The fraction of sp³-hybridized carbons (Fsp3) is 0.778. The number of rotatable bonds is 0. The maximum absolute atomic E-state index is 12.3. The van der Waals surface area contributed by atoms with Gasteiger partial charge in [-0.25, -0.2) is 0 Å². The molecule has 5 atom stereocenters. The SMILES string of the molecule is CC12CCC3C(CC=C4NC(=O)CCC43C)C1CCC2=O. The minimum atomic E-state index is -0.0548. The van der Waals surface area contributed by atoms with E-state index in [2.05, 4.69) is 25.2 Å². The Morgan fingerprint density at radius 1 is 1.05 bits per heavy atom. The van der Waals surface area contributed by atoms with Gasteiger partial charge in [-0.2, -0.15) is 0 Å². The van der Waals surface area contributed by atoms with Crippen LogP contribution in [0.25, 0.3) is 0 Å². The average Bonchev–Trinajstić information content (AvgIpc) is 2.76. The number of carbonyl (C=O) groups excluding carboxylic acids is 2.